The van der Waals surface area contributed by atoms with Crippen LogP contribution < -0.4 is 11.1 Å². The first-order valence-electron chi connectivity index (χ1n) is 7.02. The van der Waals surface area contributed by atoms with E-state index in [4.69, 9.17) is 5.73 Å². The monoisotopic (exact) mass is 260 g/mol. The highest BCUT2D eigenvalue weighted by Gasteiger charge is 2.40. The Morgan fingerprint density at radius 2 is 1.95 bits per heavy atom. The lowest BCUT2D eigenvalue weighted by atomic mass is 9.82. The molecule has 0 aromatic heterocycles. The highest BCUT2D eigenvalue weighted by Crippen LogP contribution is 2.42. The van der Waals surface area contributed by atoms with Gasteiger partial charge in [0.15, 0.2) is 0 Å². The zero-order chi connectivity index (χ0) is 14.4. The van der Waals surface area contributed by atoms with Crippen LogP contribution in [0.3, 0.4) is 0 Å². The van der Waals surface area contributed by atoms with E-state index < -0.39 is 5.41 Å². The first-order valence-corrected chi connectivity index (χ1v) is 7.02. The molecule has 1 amide bonds. The van der Waals surface area contributed by atoms with Crippen LogP contribution in [-0.2, 0) is 10.2 Å². The maximum atomic E-state index is 12.1. The first-order chi connectivity index (χ1) is 8.80. The second-order valence-corrected chi connectivity index (χ2v) is 6.11. The molecule has 0 bridgehead atoms. The second-order valence-electron chi connectivity index (χ2n) is 6.11. The van der Waals surface area contributed by atoms with Crippen LogP contribution in [0.1, 0.15) is 61.9 Å². The summed E-state index contributed by atoms with van der Waals surface area (Å²) in [6.45, 7) is 10.2. The van der Waals surface area contributed by atoms with E-state index in [1.165, 1.54) is 11.1 Å². The van der Waals surface area contributed by atoms with Crippen molar-refractivity contribution in [2.24, 2.45) is 5.73 Å². The summed E-state index contributed by atoms with van der Waals surface area (Å²) in [6.07, 6.45) is 2.04. The van der Waals surface area contributed by atoms with E-state index in [1.54, 1.807) is 0 Å². The van der Waals surface area contributed by atoms with Crippen LogP contribution in [0.2, 0.25) is 0 Å². The first kappa shape index (κ1) is 14.1. The number of nitrogens with one attached hydrogen (secondary N) is 1. The van der Waals surface area contributed by atoms with Crippen LogP contribution in [-0.4, -0.2) is 5.91 Å². The number of anilines is 1. The Balaban J connectivity index is 2.60. The van der Waals surface area contributed by atoms with Crippen LogP contribution >= 0.6 is 0 Å². The van der Waals surface area contributed by atoms with Gasteiger partial charge in [0.1, 0.15) is 0 Å². The normalized spacial score (nSPS) is 18.1. The highest BCUT2D eigenvalue weighted by molar-refractivity contribution is 6.06. The van der Waals surface area contributed by atoms with Crippen LogP contribution in [0.25, 0.3) is 0 Å². The molecule has 104 valence electrons. The van der Waals surface area contributed by atoms with E-state index in [9.17, 15) is 4.79 Å². The average molecular weight is 260 g/mol. The molecule has 2 rings (SSSR count). The Morgan fingerprint density at radius 1 is 1.32 bits per heavy atom. The van der Waals surface area contributed by atoms with E-state index in [2.05, 4.69) is 32.2 Å². The average Bonchev–Trinajstić information content (AvgIpc) is 2.56. The molecule has 3 heteroatoms. The number of fused-ring (bicyclic) bond motifs is 1. The predicted octanol–water partition coefficient (Wildman–Crippen LogP) is 3.33. The molecule has 0 saturated heterocycles. The third kappa shape index (κ3) is 2.06. The molecule has 1 aliphatic rings. The third-order valence-corrected chi connectivity index (χ3v) is 4.42. The summed E-state index contributed by atoms with van der Waals surface area (Å²) in [4.78, 5) is 12.1. The SMILES string of the molecule is CCCC(N)c1cc2c(c(C)c1C)NC(=O)C2(C)C. The number of carbonyl (C=O) groups excluding carboxylic acids is 1. The fraction of sp³-hybridized carbons (Fsp3) is 0.562. The minimum Gasteiger partial charge on any atom is -0.325 e. The second kappa shape index (κ2) is 4.64. The lowest BCUT2D eigenvalue weighted by Crippen LogP contribution is -2.27. The number of carbonyl (C=O) groups is 1. The Morgan fingerprint density at radius 3 is 2.53 bits per heavy atom. The lowest BCUT2D eigenvalue weighted by molar-refractivity contribution is -0.119. The van der Waals surface area contributed by atoms with Gasteiger partial charge in [-0.1, -0.05) is 19.4 Å². The van der Waals surface area contributed by atoms with Gasteiger partial charge in [-0.05, 0) is 56.4 Å². The number of amides is 1. The molecule has 19 heavy (non-hydrogen) atoms. The van der Waals surface area contributed by atoms with Gasteiger partial charge >= 0.3 is 0 Å². The number of nitrogens with two attached hydrogens (primary N) is 1. The molecule has 0 fully saturated rings. The van der Waals surface area contributed by atoms with Gasteiger partial charge in [-0.15, -0.1) is 0 Å². The van der Waals surface area contributed by atoms with E-state index in [0.717, 1.165) is 29.7 Å². The number of benzene rings is 1. The van der Waals surface area contributed by atoms with Crippen LogP contribution in [0.4, 0.5) is 5.69 Å². The number of hydrogen-bond acceptors (Lipinski definition) is 2. The van der Waals surface area contributed by atoms with E-state index in [0.29, 0.717) is 0 Å². The van der Waals surface area contributed by atoms with E-state index in [1.807, 2.05) is 13.8 Å². The minimum atomic E-state index is -0.464. The van der Waals surface area contributed by atoms with Gasteiger partial charge in [-0.2, -0.15) is 0 Å². The van der Waals surface area contributed by atoms with Crippen molar-refractivity contribution in [3.05, 3.63) is 28.3 Å². The predicted molar refractivity (Wildman–Crippen MR) is 79.4 cm³/mol. The van der Waals surface area contributed by atoms with Gasteiger partial charge < -0.3 is 11.1 Å². The van der Waals surface area contributed by atoms with Gasteiger partial charge in [0.25, 0.3) is 0 Å². The molecule has 1 atom stereocenters. The van der Waals surface area contributed by atoms with Gasteiger partial charge in [0.05, 0.1) is 5.41 Å². The minimum absolute atomic E-state index is 0.0560. The van der Waals surface area contributed by atoms with Crippen molar-refractivity contribution < 1.29 is 4.79 Å². The van der Waals surface area contributed by atoms with Crippen LogP contribution in [0.5, 0.6) is 0 Å². The Labute approximate surface area is 115 Å². The zero-order valence-electron chi connectivity index (χ0n) is 12.6. The molecular formula is C16H24N2O. The van der Waals surface area contributed by atoms with Crippen molar-refractivity contribution in [3.8, 4) is 0 Å². The van der Waals surface area contributed by atoms with Crippen LogP contribution in [0, 0.1) is 13.8 Å². The quantitative estimate of drug-likeness (QED) is 0.875. The maximum Gasteiger partial charge on any atom is 0.234 e. The van der Waals surface area contributed by atoms with Gasteiger partial charge in [-0.3, -0.25) is 4.79 Å². The smallest absolute Gasteiger partial charge is 0.234 e. The molecule has 0 radical (unpaired) electrons. The van der Waals surface area contributed by atoms with E-state index in [-0.39, 0.29) is 11.9 Å². The molecule has 0 saturated carbocycles. The van der Waals surface area contributed by atoms with Gasteiger partial charge in [0.2, 0.25) is 5.91 Å². The highest BCUT2D eigenvalue weighted by atomic mass is 16.2. The Hall–Kier alpha value is -1.35. The van der Waals surface area contributed by atoms with Crippen molar-refractivity contribution in [1.82, 2.24) is 0 Å². The Kier molecular flexibility index (Phi) is 3.43. The molecule has 3 N–H and O–H groups in total. The number of hydrogen-bond donors (Lipinski definition) is 2. The lowest BCUT2D eigenvalue weighted by Gasteiger charge is -2.21. The van der Waals surface area contributed by atoms with Gasteiger partial charge in [-0.25, -0.2) is 0 Å². The topological polar surface area (TPSA) is 55.1 Å². The van der Waals surface area contributed by atoms with Crippen molar-refractivity contribution in [2.45, 2.75) is 58.9 Å². The van der Waals surface area contributed by atoms with Crippen molar-refractivity contribution >= 4 is 11.6 Å². The maximum absolute atomic E-state index is 12.1. The van der Waals surface area contributed by atoms with E-state index >= 15 is 0 Å². The third-order valence-electron chi connectivity index (χ3n) is 4.42. The van der Waals surface area contributed by atoms with Crippen molar-refractivity contribution in [2.75, 3.05) is 5.32 Å². The molecule has 1 aliphatic heterocycles. The summed E-state index contributed by atoms with van der Waals surface area (Å²) in [5.74, 6) is 0.0752. The fourth-order valence-corrected chi connectivity index (χ4v) is 2.84. The summed E-state index contributed by atoms with van der Waals surface area (Å²) >= 11 is 0. The largest absolute Gasteiger partial charge is 0.325 e. The summed E-state index contributed by atoms with van der Waals surface area (Å²) < 4.78 is 0. The molecule has 1 aromatic carbocycles. The standard InChI is InChI=1S/C16H24N2O/c1-6-7-13(17)11-8-12-14(10(3)9(11)2)18-15(19)16(12,4)5/h8,13H,6-7,17H2,1-5H3,(H,18,19). The van der Waals surface area contributed by atoms with Crippen molar-refractivity contribution in [1.29, 1.82) is 0 Å². The molecule has 0 spiro atoms. The van der Waals surface area contributed by atoms with Gasteiger partial charge in [0, 0.05) is 11.7 Å². The number of rotatable bonds is 3. The summed E-state index contributed by atoms with van der Waals surface area (Å²) in [5, 5.41) is 3.02. The molecule has 1 heterocycles. The molecule has 0 aliphatic carbocycles. The summed E-state index contributed by atoms with van der Waals surface area (Å²) in [7, 11) is 0. The molecule has 1 unspecified atom stereocenters. The molecule has 1 aromatic rings. The molecular weight excluding hydrogens is 236 g/mol. The van der Waals surface area contributed by atoms with Crippen molar-refractivity contribution in [3.63, 3.8) is 0 Å². The summed E-state index contributed by atoms with van der Waals surface area (Å²) in [5.41, 5.74) is 11.4. The summed E-state index contributed by atoms with van der Waals surface area (Å²) in [6, 6.07) is 2.19. The Bertz CT molecular complexity index is 532. The van der Waals surface area contributed by atoms with Crippen LogP contribution in [0.15, 0.2) is 6.07 Å². The zero-order valence-corrected chi connectivity index (χ0v) is 12.6. The molecule has 3 nitrogen and oxygen atoms in total. The fourth-order valence-electron chi connectivity index (χ4n) is 2.84.